The summed E-state index contributed by atoms with van der Waals surface area (Å²) in [4.78, 5) is 24.7. The Morgan fingerprint density at radius 2 is 1.96 bits per heavy atom. The average Bonchev–Trinajstić information content (AvgIpc) is 2.58. The molecule has 1 amide bonds. The normalized spacial score (nSPS) is 10.6. The van der Waals surface area contributed by atoms with Crippen LogP contribution in [0.4, 0.5) is 5.69 Å². The first-order chi connectivity index (χ1) is 12.0. The molecular weight excluding hydrogens is 361 g/mol. The molecule has 0 bridgehead atoms. The third-order valence-electron chi connectivity index (χ3n) is 3.63. The predicted octanol–water partition coefficient (Wildman–Crippen LogP) is 5.08. The molecule has 0 aliphatic carbocycles. The van der Waals surface area contributed by atoms with Gasteiger partial charge in [0.1, 0.15) is 11.1 Å². The Hall–Kier alpha value is -2.56. The number of hydrogen-bond acceptors (Lipinski definition) is 3. The van der Waals surface area contributed by atoms with E-state index < -0.39 is 11.5 Å². The zero-order chi connectivity index (χ0) is 18.0. The van der Waals surface area contributed by atoms with Gasteiger partial charge in [0, 0.05) is 11.1 Å². The Bertz CT molecular complexity index is 1040. The zero-order valence-electron chi connectivity index (χ0n) is 13.0. The van der Waals surface area contributed by atoms with Crippen LogP contribution in [0.1, 0.15) is 15.9 Å². The summed E-state index contributed by atoms with van der Waals surface area (Å²) >= 11 is 11.8. The molecule has 0 fully saturated rings. The van der Waals surface area contributed by atoms with Gasteiger partial charge in [-0.2, -0.15) is 0 Å². The van der Waals surface area contributed by atoms with Gasteiger partial charge in [-0.25, -0.2) is 4.79 Å². The molecule has 0 atom stereocenters. The number of benzene rings is 2. The van der Waals surface area contributed by atoms with E-state index in [9.17, 15) is 9.59 Å². The summed E-state index contributed by atoms with van der Waals surface area (Å²) in [7, 11) is 0. The van der Waals surface area contributed by atoms with Crippen LogP contribution >= 0.6 is 23.2 Å². The van der Waals surface area contributed by atoms with E-state index in [4.69, 9.17) is 27.6 Å². The van der Waals surface area contributed by atoms with Crippen molar-refractivity contribution in [1.29, 1.82) is 0 Å². The number of anilines is 1. The highest BCUT2D eigenvalue weighted by Crippen LogP contribution is 2.25. The molecule has 0 aliphatic heterocycles. The van der Waals surface area contributed by atoms with Crippen molar-refractivity contribution in [3.63, 3.8) is 0 Å². The van der Waals surface area contributed by atoms with Crippen LogP contribution in [0.5, 0.6) is 0 Å². The van der Waals surface area contributed by atoms with E-state index in [0.29, 0.717) is 33.1 Å². The first kappa shape index (κ1) is 17.3. The Morgan fingerprint density at radius 1 is 1.16 bits per heavy atom. The number of allylic oxidation sites excluding steroid dienone is 1. The predicted molar refractivity (Wildman–Crippen MR) is 101 cm³/mol. The first-order valence-corrected chi connectivity index (χ1v) is 8.18. The monoisotopic (exact) mass is 373 g/mol. The molecule has 0 saturated carbocycles. The number of rotatable bonds is 4. The van der Waals surface area contributed by atoms with Crippen molar-refractivity contribution in [2.24, 2.45) is 0 Å². The average molecular weight is 374 g/mol. The first-order valence-electron chi connectivity index (χ1n) is 7.42. The largest absolute Gasteiger partial charge is 0.422 e. The number of nitrogens with one attached hydrogen (secondary N) is 1. The van der Waals surface area contributed by atoms with Crippen LogP contribution in [0.2, 0.25) is 10.0 Å². The van der Waals surface area contributed by atoms with Crippen LogP contribution < -0.4 is 10.9 Å². The Balaban J connectivity index is 1.99. The number of carbonyl (C=O) groups is 1. The fraction of sp³-hybridized carbons (Fsp3) is 0.0526. The van der Waals surface area contributed by atoms with Gasteiger partial charge >= 0.3 is 5.63 Å². The maximum absolute atomic E-state index is 12.4. The van der Waals surface area contributed by atoms with Gasteiger partial charge in [-0.3, -0.25) is 4.79 Å². The molecule has 2 aromatic carbocycles. The van der Waals surface area contributed by atoms with Gasteiger partial charge in [0.15, 0.2) is 0 Å². The van der Waals surface area contributed by atoms with E-state index in [1.165, 1.54) is 12.1 Å². The van der Waals surface area contributed by atoms with E-state index in [1.807, 2.05) is 12.1 Å². The number of hydrogen-bond donors (Lipinski definition) is 1. The SMILES string of the molecule is C=CCc1cccc2cc(C(=O)Nc3ccc(Cl)c(Cl)c3)c(=O)oc12. The Labute approximate surface area is 153 Å². The molecule has 25 heavy (non-hydrogen) atoms. The molecule has 0 saturated heterocycles. The van der Waals surface area contributed by atoms with Crippen molar-refractivity contribution >= 4 is 45.8 Å². The molecule has 0 radical (unpaired) electrons. The molecule has 1 aromatic heterocycles. The van der Waals surface area contributed by atoms with Crippen molar-refractivity contribution in [3.05, 3.63) is 86.7 Å². The topological polar surface area (TPSA) is 59.3 Å². The second-order valence-electron chi connectivity index (χ2n) is 5.36. The van der Waals surface area contributed by atoms with Gasteiger partial charge in [0.05, 0.1) is 10.0 Å². The van der Waals surface area contributed by atoms with Crippen molar-refractivity contribution in [3.8, 4) is 0 Å². The number of fused-ring (bicyclic) bond motifs is 1. The summed E-state index contributed by atoms with van der Waals surface area (Å²) in [5, 5.41) is 3.96. The van der Waals surface area contributed by atoms with Crippen LogP contribution in [0.15, 0.2) is 64.3 Å². The quantitative estimate of drug-likeness (QED) is 0.512. The fourth-order valence-corrected chi connectivity index (χ4v) is 2.75. The number of carbonyl (C=O) groups excluding carboxylic acids is 1. The van der Waals surface area contributed by atoms with Crippen molar-refractivity contribution in [2.75, 3.05) is 5.32 Å². The van der Waals surface area contributed by atoms with Crippen molar-refractivity contribution in [2.45, 2.75) is 6.42 Å². The van der Waals surface area contributed by atoms with Gasteiger partial charge < -0.3 is 9.73 Å². The van der Waals surface area contributed by atoms with Gasteiger partial charge in [0.25, 0.3) is 5.91 Å². The molecule has 3 rings (SSSR count). The number of halogens is 2. The van der Waals surface area contributed by atoms with E-state index in [-0.39, 0.29) is 5.56 Å². The summed E-state index contributed by atoms with van der Waals surface area (Å²) in [5.41, 5.74) is 0.926. The maximum atomic E-state index is 12.4. The van der Waals surface area contributed by atoms with Crippen LogP contribution in [0, 0.1) is 0 Å². The van der Waals surface area contributed by atoms with Crippen molar-refractivity contribution < 1.29 is 9.21 Å². The van der Waals surface area contributed by atoms with Crippen LogP contribution in [-0.2, 0) is 6.42 Å². The molecule has 0 aliphatic rings. The van der Waals surface area contributed by atoms with Crippen LogP contribution in [0.3, 0.4) is 0 Å². The minimum Gasteiger partial charge on any atom is -0.422 e. The Morgan fingerprint density at radius 3 is 2.68 bits per heavy atom. The summed E-state index contributed by atoms with van der Waals surface area (Å²) in [6.07, 6.45) is 2.29. The molecule has 4 nitrogen and oxygen atoms in total. The van der Waals surface area contributed by atoms with Crippen LogP contribution in [-0.4, -0.2) is 5.91 Å². The maximum Gasteiger partial charge on any atom is 0.349 e. The standard InChI is InChI=1S/C19H13Cl2NO3/c1-2-4-11-5-3-6-12-9-14(19(24)25-17(11)12)18(23)22-13-7-8-15(20)16(21)10-13/h2-3,5-10H,1,4H2,(H,22,23). The fourth-order valence-electron chi connectivity index (χ4n) is 2.45. The summed E-state index contributed by atoms with van der Waals surface area (Å²) in [6.45, 7) is 3.69. The third kappa shape index (κ3) is 3.60. The lowest BCUT2D eigenvalue weighted by molar-refractivity contribution is 0.102. The lowest BCUT2D eigenvalue weighted by Gasteiger charge is -2.07. The highest BCUT2D eigenvalue weighted by molar-refractivity contribution is 6.42. The van der Waals surface area contributed by atoms with E-state index in [0.717, 1.165) is 5.56 Å². The number of para-hydroxylation sites is 1. The zero-order valence-corrected chi connectivity index (χ0v) is 14.5. The minimum atomic E-state index is -0.707. The second-order valence-corrected chi connectivity index (χ2v) is 6.17. The molecule has 3 aromatic rings. The minimum absolute atomic E-state index is 0.0886. The summed E-state index contributed by atoms with van der Waals surface area (Å²) < 4.78 is 5.37. The Kier molecular flexibility index (Phi) is 4.93. The molecule has 0 unspecified atom stereocenters. The van der Waals surface area contributed by atoms with E-state index in [1.54, 1.807) is 24.3 Å². The smallest absolute Gasteiger partial charge is 0.349 e. The lowest BCUT2D eigenvalue weighted by atomic mass is 10.1. The molecule has 6 heteroatoms. The van der Waals surface area contributed by atoms with Gasteiger partial charge in [-0.15, -0.1) is 6.58 Å². The molecule has 126 valence electrons. The highest BCUT2D eigenvalue weighted by Gasteiger charge is 2.15. The highest BCUT2D eigenvalue weighted by atomic mass is 35.5. The van der Waals surface area contributed by atoms with Crippen molar-refractivity contribution in [1.82, 2.24) is 0 Å². The van der Waals surface area contributed by atoms with E-state index in [2.05, 4.69) is 11.9 Å². The molecule has 1 N–H and O–H groups in total. The molecular formula is C19H13Cl2NO3. The lowest BCUT2D eigenvalue weighted by Crippen LogP contribution is -2.20. The summed E-state index contributed by atoms with van der Waals surface area (Å²) in [6, 6.07) is 11.6. The van der Waals surface area contributed by atoms with Gasteiger partial charge in [0.2, 0.25) is 0 Å². The molecule has 1 heterocycles. The van der Waals surface area contributed by atoms with Gasteiger partial charge in [-0.1, -0.05) is 47.5 Å². The van der Waals surface area contributed by atoms with Crippen LogP contribution in [0.25, 0.3) is 11.0 Å². The second kappa shape index (κ2) is 7.13. The third-order valence-corrected chi connectivity index (χ3v) is 4.37. The number of amides is 1. The molecule has 0 spiro atoms. The summed E-state index contributed by atoms with van der Waals surface area (Å²) in [5.74, 6) is -0.580. The van der Waals surface area contributed by atoms with E-state index >= 15 is 0 Å². The van der Waals surface area contributed by atoms with Gasteiger partial charge in [-0.05, 0) is 36.2 Å².